The predicted octanol–water partition coefficient (Wildman–Crippen LogP) is 2.81. The van der Waals surface area contributed by atoms with E-state index in [-0.39, 0.29) is 18.4 Å². The van der Waals surface area contributed by atoms with Crippen molar-refractivity contribution in [1.82, 2.24) is 9.88 Å². The van der Waals surface area contributed by atoms with Gasteiger partial charge in [0.15, 0.2) is 0 Å². The number of benzene rings is 1. The van der Waals surface area contributed by atoms with E-state index < -0.39 is 6.10 Å². The van der Waals surface area contributed by atoms with E-state index in [1.165, 1.54) is 0 Å². The maximum absolute atomic E-state index is 12.5. The molecule has 0 spiro atoms. The van der Waals surface area contributed by atoms with Crippen molar-refractivity contribution in [2.24, 2.45) is 0 Å². The molecular weight excluding hydrogens is 292 g/mol. The van der Waals surface area contributed by atoms with Crippen LogP contribution in [0.25, 0.3) is 11.5 Å². The van der Waals surface area contributed by atoms with Gasteiger partial charge in [-0.25, -0.2) is 4.98 Å². The van der Waals surface area contributed by atoms with E-state index in [1.807, 2.05) is 51.1 Å². The van der Waals surface area contributed by atoms with Gasteiger partial charge in [-0.05, 0) is 39.8 Å². The van der Waals surface area contributed by atoms with Crippen molar-refractivity contribution in [3.8, 4) is 11.5 Å². The summed E-state index contributed by atoms with van der Waals surface area (Å²) in [7, 11) is 0. The van der Waals surface area contributed by atoms with Crippen LogP contribution in [-0.4, -0.2) is 39.6 Å². The van der Waals surface area contributed by atoms with Crippen LogP contribution < -0.4 is 0 Å². The van der Waals surface area contributed by atoms with Crippen molar-refractivity contribution < 1.29 is 14.3 Å². The molecule has 0 aliphatic rings. The first kappa shape index (κ1) is 17.2. The second kappa shape index (κ2) is 7.42. The van der Waals surface area contributed by atoms with E-state index in [9.17, 15) is 9.90 Å². The molecule has 0 saturated heterocycles. The summed E-state index contributed by atoms with van der Waals surface area (Å²) >= 11 is 0. The largest absolute Gasteiger partial charge is 0.441 e. The lowest BCUT2D eigenvalue weighted by molar-refractivity contribution is -0.133. The van der Waals surface area contributed by atoms with Crippen molar-refractivity contribution in [2.75, 3.05) is 6.54 Å². The van der Waals surface area contributed by atoms with Crippen molar-refractivity contribution in [3.63, 3.8) is 0 Å². The van der Waals surface area contributed by atoms with Gasteiger partial charge in [-0.3, -0.25) is 4.79 Å². The first-order valence-corrected chi connectivity index (χ1v) is 7.87. The number of carbonyl (C=O) groups is 1. The molecule has 1 N–H and O–H groups in total. The van der Waals surface area contributed by atoms with Crippen LogP contribution in [0.3, 0.4) is 0 Å². The fraction of sp³-hybridized carbons (Fsp3) is 0.444. The lowest BCUT2D eigenvalue weighted by Gasteiger charge is -2.27. The third-order valence-corrected chi connectivity index (χ3v) is 3.64. The molecule has 1 heterocycles. The van der Waals surface area contributed by atoms with E-state index in [0.29, 0.717) is 23.9 Å². The topological polar surface area (TPSA) is 66.6 Å². The Kier molecular flexibility index (Phi) is 5.55. The number of aromatic nitrogens is 1. The zero-order valence-electron chi connectivity index (χ0n) is 14.1. The molecule has 1 unspecified atom stereocenters. The number of nitrogens with zero attached hydrogens (tertiary/aromatic N) is 2. The van der Waals surface area contributed by atoms with Crippen molar-refractivity contribution in [2.45, 2.75) is 46.3 Å². The summed E-state index contributed by atoms with van der Waals surface area (Å²) in [6.07, 6.45) is -0.382. The molecule has 1 amide bonds. The fourth-order valence-electron chi connectivity index (χ4n) is 2.43. The van der Waals surface area contributed by atoms with E-state index in [2.05, 4.69) is 4.98 Å². The Morgan fingerprint density at radius 3 is 2.48 bits per heavy atom. The number of amides is 1. The molecule has 0 fully saturated rings. The highest BCUT2D eigenvalue weighted by Gasteiger charge is 2.22. The van der Waals surface area contributed by atoms with Crippen molar-refractivity contribution in [1.29, 1.82) is 0 Å². The van der Waals surface area contributed by atoms with Crippen LogP contribution in [0.15, 0.2) is 34.7 Å². The normalized spacial score (nSPS) is 12.4. The first-order chi connectivity index (χ1) is 10.9. The molecule has 1 atom stereocenters. The Morgan fingerprint density at radius 1 is 1.26 bits per heavy atom. The van der Waals surface area contributed by atoms with Gasteiger partial charge in [0.1, 0.15) is 5.76 Å². The van der Waals surface area contributed by atoms with E-state index >= 15 is 0 Å². The number of hydrogen-bond acceptors (Lipinski definition) is 4. The van der Waals surface area contributed by atoms with Gasteiger partial charge in [0.25, 0.3) is 0 Å². The highest BCUT2D eigenvalue weighted by Crippen LogP contribution is 2.22. The molecule has 124 valence electrons. The number of oxazole rings is 1. The molecule has 5 heteroatoms. The molecule has 2 aromatic rings. The highest BCUT2D eigenvalue weighted by atomic mass is 16.4. The maximum atomic E-state index is 12.5. The summed E-state index contributed by atoms with van der Waals surface area (Å²) < 4.78 is 5.69. The summed E-state index contributed by atoms with van der Waals surface area (Å²) in [5, 5.41) is 9.57. The smallest absolute Gasteiger partial charge is 0.229 e. The summed E-state index contributed by atoms with van der Waals surface area (Å²) in [4.78, 5) is 18.7. The molecule has 5 nitrogen and oxygen atoms in total. The number of carbonyl (C=O) groups excluding carboxylic acids is 1. The van der Waals surface area contributed by atoms with Gasteiger partial charge in [0, 0.05) is 18.2 Å². The standard InChI is InChI=1S/C18H24N2O3/c1-12(2)20(11-13(3)21)17(22)10-16-14(4)23-18(19-16)15-8-6-5-7-9-15/h5-9,12-13,21H,10-11H2,1-4H3. The van der Waals surface area contributed by atoms with E-state index in [1.54, 1.807) is 11.8 Å². The lowest BCUT2D eigenvalue weighted by atomic mass is 10.2. The summed E-state index contributed by atoms with van der Waals surface area (Å²) in [5.41, 5.74) is 1.53. The van der Waals surface area contributed by atoms with E-state index in [4.69, 9.17) is 4.42 Å². The Morgan fingerprint density at radius 2 is 1.91 bits per heavy atom. The second-order valence-electron chi connectivity index (χ2n) is 6.05. The molecule has 23 heavy (non-hydrogen) atoms. The van der Waals surface area contributed by atoms with Crippen LogP contribution in [0, 0.1) is 6.92 Å². The summed E-state index contributed by atoms with van der Waals surface area (Å²) in [6.45, 7) is 7.68. The first-order valence-electron chi connectivity index (χ1n) is 7.87. The fourth-order valence-corrected chi connectivity index (χ4v) is 2.43. The second-order valence-corrected chi connectivity index (χ2v) is 6.05. The van der Waals surface area contributed by atoms with Gasteiger partial charge in [-0.15, -0.1) is 0 Å². The Hall–Kier alpha value is -2.14. The van der Waals surface area contributed by atoms with Gasteiger partial charge in [-0.2, -0.15) is 0 Å². The molecule has 0 aliphatic heterocycles. The predicted molar refractivity (Wildman–Crippen MR) is 88.9 cm³/mol. The number of aryl methyl sites for hydroxylation is 1. The van der Waals surface area contributed by atoms with Gasteiger partial charge in [0.05, 0.1) is 18.2 Å². The van der Waals surface area contributed by atoms with Crippen LogP contribution in [0.5, 0.6) is 0 Å². The molecule has 2 rings (SSSR count). The monoisotopic (exact) mass is 316 g/mol. The van der Waals surface area contributed by atoms with Crippen molar-refractivity contribution >= 4 is 5.91 Å². The lowest BCUT2D eigenvalue weighted by Crippen LogP contribution is -2.42. The molecule has 0 aliphatic carbocycles. The van der Waals surface area contributed by atoms with Crippen LogP contribution in [0.2, 0.25) is 0 Å². The molecule has 0 radical (unpaired) electrons. The molecule has 0 saturated carbocycles. The Balaban J connectivity index is 2.16. The number of hydrogen-bond donors (Lipinski definition) is 1. The minimum absolute atomic E-state index is 0.0258. The number of rotatable bonds is 6. The van der Waals surface area contributed by atoms with Gasteiger partial charge in [-0.1, -0.05) is 18.2 Å². The maximum Gasteiger partial charge on any atom is 0.229 e. The van der Waals surface area contributed by atoms with Crippen LogP contribution in [0.4, 0.5) is 0 Å². The average Bonchev–Trinajstić information content (AvgIpc) is 2.86. The Bertz CT molecular complexity index is 648. The van der Waals surface area contributed by atoms with Gasteiger partial charge < -0.3 is 14.4 Å². The average molecular weight is 316 g/mol. The van der Waals surface area contributed by atoms with Gasteiger partial charge in [0.2, 0.25) is 11.8 Å². The van der Waals surface area contributed by atoms with Crippen LogP contribution >= 0.6 is 0 Å². The molecular formula is C18H24N2O3. The van der Waals surface area contributed by atoms with Crippen molar-refractivity contribution in [3.05, 3.63) is 41.8 Å². The SMILES string of the molecule is Cc1oc(-c2ccccc2)nc1CC(=O)N(CC(C)O)C(C)C. The van der Waals surface area contributed by atoms with Gasteiger partial charge >= 0.3 is 0 Å². The Labute approximate surface area is 137 Å². The van der Waals surface area contributed by atoms with Crippen LogP contribution in [0.1, 0.15) is 32.2 Å². The summed E-state index contributed by atoms with van der Waals surface area (Å²) in [5.74, 6) is 1.12. The third kappa shape index (κ3) is 4.42. The summed E-state index contributed by atoms with van der Waals surface area (Å²) in [6, 6.07) is 9.64. The zero-order chi connectivity index (χ0) is 17.0. The van der Waals surface area contributed by atoms with Crippen LogP contribution in [-0.2, 0) is 11.2 Å². The third-order valence-electron chi connectivity index (χ3n) is 3.64. The molecule has 1 aromatic carbocycles. The highest BCUT2D eigenvalue weighted by molar-refractivity contribution is 5.79. The quantitative estimate of drug-likeness (QED) is 0.890. The number of aliphatic hydroxyl groups excluding tert-OH is 1. The zero-order valence-corrected chi connectivity index (χ0v) is 14.1. The minimum atomic E-state index is -0.556. The molecule has 0 bridgehead atoms. The number of aliphatic hydroxyl groups is 1. The minimum Gasteiger partial charge on any atom is -0.441 e. The molecule has 1 aromatic heterocycles. The van der Waals surface area contributed by atoms with E-state index in [0.717, 1.165) is 5.56 Å².